The highest BCUT2D eigenvalue weighted by atomic mass is 32.2. The van der Waals surface area contributed by atoms with E-state index in [-0.39, 0.29) is 18.1 Å². The number of hydrogen-bond acceptors (Lipinski definition) is 5. The zero-order valence-electron chi connectivity index (χ0n) is 17.2. The number of ether oxygens (including phenoxy) is 2. The highest BCUT2D eigenvalue weighted by Crippen LogP contribution is 2.42. The number of hydrogen-bond donors (Lipinski definition) is 0. The highest BCUT2D eigenvalue weighted by molar-refractivity contribution is 7.86. The van der Waals surface area contributed by atoms with Gasteiger partial charge in [0.2, 0.25) is 0 Å². The average Bonchev–Trinajstić information content (AvgIpc) is 2.74. The number of fused-ring (bicyclic) bond motifs is 1. The van der Waals surface area contributed by atoms with E-state index < -0.39 is 16.2 Å². The summed E-state index contributed by atoms with van der Waals surface area (Å²) in [5.74, 6) is 1.25. The lowest BCUT2D eigenvalue weighted by Gasteiger charge is -2.28. The maximum atomic E-state index is 12.5. The molecule has 30 heavy (non-hydrogen) atoms. The Labute approximate surface area is 177 Å². The predicted molar refractivity (Wildman–Crippen MR) is 116 cm³/mol. The van der Waals surface area contributed by atoms with E-state index in [4.69, 9.17) is 13.7 Å². The molecule has 0 aromatic heterocycles. The van der Waals surface area contributed by atoms with Gasteiger partial charge in [-0.3, -0.25) is 4.18 Å². The first-order chi connectivity index (χ1) is 14.3. The molecule has 0 amide bonds. The molecule has 0 fully saturated rings. The van der Waals surface area contributed by atoms with Crippen LogP contribution in [0.5, 0.6) is 11.5 Å². The van der Waals surface area contributed by atoms with Gasteiger partial charge in [0.15, 0.2) is 17.6 Å². The first-order valence-electron chi connectivity index (χ1n) is 9.80. The summed E-state index contributed by atoms with van der Waals surface area (Å²) in [7, 11) is -3.86. The quantitative estimate of drug-likeness (QED) is 0.549. The standard InChI is InChI=1S/C24H24O5S/c1-16-8-11-20(12-9-16)30(25,26)28-15-19-14-27-23-6-4-5-21(24(23)29-19)22-13-17(2)7-10-18(22)3/h4-13,19H,14-15H2,1-3H3. The summed E-state index contributed by atoms with van der Waals surface area (Å²) >= 11 is 0. The van der Waals surface area contributed by atoms with Crippen LogP contribution in [-0.4, -0.2) is 27.7 Å². The Bertz CT molecular complexity index is 1170. The van der Waals surface area contributed by atoms with Gasteiger partial charge in [-0.15, -0.1) is 0 Å². The molecule has 0 aliphatic carbocycles. The first-order valence-corrected chi connectivity index (χ1v) is 11.2. The summed E-state index contributed by atoms with van der Waals surface area (Å²) in [5.41, 5.74) is 5.23. The van der Waals surface area contributed by atoms with Crippen LogP contribution in [0.15, 0.2) is 65.6 Å². The van der Waals surface area contributed by atoms with Gasteiger partial charge in [0.05, 0.1) is 4.90 Å². The van der Waals surface area contributed by atoms with Gasteiger partial charge in [-0.1, -0.05) is 53.6 Å². The Morgan fingerprint density at radius 3 is 2.43 bits per heavy atom. The van der Waals surface area contributed by atoms with Crippen molar-refractivity contribution in [2.75, 3.05) is 13.2 Å². The van der Waals surface area contributed by atoms with Crippen LogP contribution in [0.4, 0.5) is 0 Å². The molecule has 5 nitrogen and oxygen atoms in total. The van der Waals surface area contributed by atoms with E-state index in [1.807, 2.05) is 39.0 Å². The third-order valence-corrected chi connectivity index (χ3v) is 6.39. The van der Waals surface area contributed by atoms with Crippen LogP contribution < -0.4 is 9.47 Å². The fourth-order valence-electron chi connectivity index (χ4n) is 3.39. The Hall–Kier alpha value is -2.83. The highest BCUT2D eigenvalue weighted by Gasteiger charge is 2.27. The minimum atomic E-state index is -3.86. The molecule has 0 saturated heterocycles. The van der Waals surface area contributed by atoms with Gasteiger partial charge < -0.3 is 9.47 Å². The third kappa shape index (κ3) is 4.20. The minimum absolute atomic E-state index is 0.126. The molecule has 0 radical (unpaired) electrons. The largest absolute Gasteiger partial charge is 0.486 e. The molecule has 6 heteroatoms. The summed E-state index contributed by atoms with van der Waals surface area (Å²) in [5, 5.41) is 0. The van der Waals surface area contributed by atoms with Crippen LogP contribution in [0.25, 0.3) is 11.1 Å². The monoisotopic (exact) mass is 424 g/mol. The molecular formula is C24H24O5S. The van der Waals surface area contributed by atoms with Gasteiger partial charge in [-0.25, -0.2) is 0 Å². The van der Waals surface area contributed by atoms with E-state index in [9.17, 15) is 8.42 Å². The molecule has 0 N–H and O–H groups in total. The molecule has 1 unspecified atom stereocenters. The molecule has 4 rings (SSSR count). The average molecular weight is 425 g/mol. The van der Waals surface area contributed by atoms with Gasteiger partial charge >= 0.3 is 0 Å². The lowest BCUT2D eigenvalue weighted by molar-refractivity contribution is 0.0561. The molecule has 1 aliphatic heterocycles. The fraction of sp³-hybridized carbons (Fsp3) is 0.250. The van der Waals surface area contributed by atoms with Crippen LogP contribution in [0.3, 0.4) is 0 Å². The lowest BCUT2D eigenvalue weighted by atomic mass is 9.97. The topological polar surface area (TPSA) is 61.8 Å². The predicted octanol–water partition coefficient (Wildman–Crippen LogP) is 4.82. The van der Waals surface area contributed by atoms with E-state index >= 15 is 0 Å². The lowest BCUT2D eigenvalue weighted by Crippen LogP contribution is -2.34. The van der Waals surface area contributed by atoms with Crippen molar-refractivity contribution in [3.05, 3.63) is 77.4 Å². The Kier molecular flexibility index (Phi) is 5.54. The fourth-order valence-corrected chi connectivity index (χ4v) is 4.33. The smallest absolute Gasteiger partial charge is 0.297 e. The van der Waals surface area contributed by atoms with Crippen molar-refractivity contribution in [2.45, 2.75) is 31.8 Å². The molecule has 1 heterocycles. The summed E-state index contributed by atoms with van der Waals surface area (Å²) in [6, 6.07) is 18.6. The maximum Gasteiger partial charge on any atom is 0.297 e. The van der Waals surface area contributed by atoms with Crippen molar-refractivity contribution >= 4 is 10.1 Å². The number of para-hydroxylation sites is 1. The number of aryl methyl sites for hydroxylation is 3. The zero-order valence-corrected chi connectivity index (χ0v) is 18.0. The summed E-state index contributed by atoms with van der Waals surface area (Å²) in [6.07, 6.45) is -0.538. The molecule has 3 aromatic carbocycles. The van der Waals surface area contributed by atoms with Crippen molar-refractivity contribution in [1.29, 1.82) is 0 Å². The van der Waals surface area contributed by atoms with Gasteiger partial charge in [0, 0.05) is 5.56 Å². The molecule has 0 spiro atoms. The van der Waals surface area contributed by atoms with Crippen LogP contribution >= 0.6 is 0 Å². The normalized spacial score (nSPS) is 15.8. The Balaban J connectivity index is 1.55. The molecule has 1 atom stereocenters. The van der Waals surface area contributed by atoms with Crippen LogP contribution in [0, 0.1) is 20.8 Å². The molecule has 3 aromatic rings. The van der Waals surface area contributed by atoms with Gasteiger partial charge in [-0.05, 0) is 50.1 Å². The third-order valence-electron chi connectivity index (χ3n) is 5.09. The number of benzene rings is 3. The van der Waals surface area contributed by atoms with E-state index in [2.05, 4.69) is 18.2 Å². The molecule has 1 aliphatic rings. The van der Waals surface area contributed by atoms with E-state index in [1.54, 1.807) is 12.1 Å². The van der Waals surface area contributed by atoms with E-state index in [0.29, 0.717) is 11.5 Å². The van der Waals surface area contributed by atoms with Crippen molar-refractivity contribution in [3.8, 4) is 22.6 Å². The summed E-state index contributed by atoms with van der Waals surface area (Å²) < 4.78 is 42.2. The maximum absolute atomic E-state index is 12.5. The first kappa shape index (κ1) is 20.4. The van der Waals surface area contributed by atoms with Crippen LogP contribution in [0.2, 0.25) is 0 Å². The second kappa shape index (κ2) is 8.13. The Morgan fingerprint density at radius 1 is 0.933 bits per heavy atom. The Morgan fingerprint density at radius 2 is 1.67 bits per heavy atom. The van der Waals surface area contributed by atoms with Crippen LogP contribution in [0.1, 0.15) is 16.7 Å². The summed E-state index contributed by atoms with van der Waals surface area (Å²) in [4.78, 5) is 0.126. The molecule has 0 saturated carbocycles. The molecular weight excluding hydrogens is 400 g/mol. The zero-order chi connectivity index (χ0) is 21.3. The van der Waals surface area contributed by atoms with Crippen LogP contribution in [-0.2, 0) is 14.3 Å². The van der Waals surface area contributed by atoms with Crippen molar-refractivity contribution < 1.29 is 22.1 Å². The molecule has 0 bridgehead atoms. The van der Waals surface area contributed by atoms with Crippen molar-refractivity contribution in [1.82, 2.24) is 0 Å². The SMILES string of the molecule is Cc1ccc(S(=O)(=O)OCC2COc3cccc(-c4cc(C)ccc4C)c3O2)cc1. The molecule has 156 valence electrons. The van der Waals surface area contributed by atoms with Gasteiger partial charge in [-0.2, -0.15) is 8.42 Å². The minimum Gasteiger partial charge on any atom is -0.486 e. The summed E-state index contributed by atoms with van der Waals surface area (Å²) in [6.45, 7) is 6.08. The van der Waals surface area contributed by atoms with Crippen molar-refractivity contribution in [2.24, 2.45) is 0 Å². The van der Waals surface area contributed by atoms with E-state index in [1.165, 1.54) is 12.1 Å². The second-order valence-electron chi connectivity index (χ2n) is 7.55. The second-order valence-corrected chi connectivity index (χ2v) is 9.17. The van der Waals surface area contributed by atoms with E-state index in [0.717, 1.165) is 27.8 Å². The van der Waals surface area contributed by atoms with Gasteiger partial charge in [0.1, 0.15) is 13.2 Å². The van der Waals surface area contributed by atoms with Gasteiger partial charge in [0.25, 0.3) is 10.1 Å². The number of rotatable bonds is 5. The van der Waals surface area contributed by atoms with Crippen molar-refractivity contribution in [3.63, 3.8) is 0 Å².